The Morgan fingerprint density at radius 1 is 1.00 bits per heavy atom. The monoisotopic (exact) mass is 264 g/mol. The minimum atomic E-state index is -0.306. The van der Waals surface area contributed by atoms with E-state index < -0.39 is 0 Å². The van der Waals surface area contributed by atoms with E-state index in [2.05, 4.69) is 0 Å². The summed E-state index contributed by atoms with van der Waals surface area (Å²) in [6, 6.07) is 0. The van der Waals surface area contributed by atoms with E-state index in [0.717, 1.165) is 0 Å². The van der Waals surface area contributed by atoms with Gasteiger partial charge in [0.25, 0.3) is 0 Å². The van der Waals surface area contributed by atoms with E-state index in [1.807, 2.05) is 0 Å². The van der Waals surface area contributed by atoms with Crippen molar-refractivity contribution in [1.29, 1.82) is 0 Å². The molecule has 2 nitrogen and oxygen atoms in total. The first-order chi connectivity index (χ1) is 3.12. The maximum Gasteiger partial charge on any atom is 0.0504 e. The van der Waals surface area contributed by atoms with E-state index in [0.29, 0.717) is 0 Å². The number of rotatable bonds is 2. The molecule has 0 atom stereocenters. The normalized spacial score (nSPS) is 9.33. The second kappa shape index (κ2) is 6.99. The minimum Gasteiger partial charge on any atom is -0.396 e. The third kappa shape index (κ3) is 8.88. The van der Waals surface area contributed by atoms with Gasteiger partial charge in [0.15, 0.2) is 0 Å². The van der Waals surface area contributed by atoms with Crippen molar-refractivity contribution in [3.63, 3.8) is 0 Å². The van der Waals surface area contributed by atoms with Gasteiger partial charge in [-0.2, -0.15) is 0 Å². The lowest BCUT2D eigenvalue weighted by molar-refractivity contribution is 0.0857. The van der Waals surface area contributed by atoms with Crippen LogP contribution in [0.5, 0.6) is 0 Å². The van der Waals surface area contributed by atoms with E-state index in [-0.39, 0.29) is 52.6 Å². The molecule has 0 aliphatic heterocycles. The van der Waals surface area contributed by atoms with Gasteiger partial charge in [-0.15, -0.1) is 34.0 Å². The van der Waals surface area contributed by atoms with Crippen molar-refractivity contribution in [3.05, 3.63) is 0 Å². The van der Waals surface area contributed by atoms with E-state index in [9.17, 15) is 0 Å². The summed E-state index contributed by atoms with van der Waals surface area (Å²) < 4.78 is 0. The number of hydrogen-bond donors (Lipinski definition) is 2. The average Bonchev–Trinajstić information content (AvgIpc) is 1.68. The Bertz CT molecular complexity index is 50.9. The van der Waals surface area contributed by atoms with Crippen LogP contribution in [-0.4, -0.2) is 23.4 Å². The molecule has 0 aliphatic rings. The van der Waals surface area contributed by atoms with Gasteiger partial charge < -0.3 is 10.2 Å². The molecule has 0 bridgehead atoms. The Balaban J connectivity index is -0.000000180. The largest absolute Gasteiger partial charge is 0.396 e. The van der Waals surface area contributed by atoms with Crippen LogP contribution in [0.4, 0.5) is 0 Å². The van der Waals surface area contributed by atoms with Crippen molar-refractivity contribution in [3.8, 4) is 0 Å². The molecule has 0 fully saturated rings. The summed E-state index contributed by atoms with van der Waals surface area (Å²) in [6.45, 7) is 3.69. The van der Waals surface area contributed by atoms with Crippen LogP contribution in [0.1, 0.15) is 13.8 Å². The fourth-order valence-electron chi connectivity index (χ4n) is 0.0500. The summed E-state index contributed by atoms with van der Waals surface area (Å²) in [5.74, 6) is 0. The molecule has 2 N–H and O–H groups in total. The van der Waals surface area contributed by atoms with Crippen LogP contribution in [0.3, 0.4) is 0 Å². The molecule has 0 aliphatic carbocycles. The molecule has 0 amide bonds. The number of aliphatic hydroxyl groups is 2. The SMILES string of the molecule is Br.Br.CC(C)(CO)CO. The Morgan fingerprint density at radius 2 is 1.22 bits per heavy atom. The molecule has 9 heavy (non-hydrogen) atoms. The van der Waals surface area contributed by atoms with Gasteiger partial charge >= 0.3 is 0 Å². The summed E-state index contributed by atoms with van der Waals surface area (Å²) in [6.07, 6.45) is 0. The highest BCUT2D eigenvalue weighted by molar-refractivity contribution is 8.93. The maximum absolute atomic E-state index is 8.43. The quantitative estimate of drug-likeness (QED) is 0.787. The molecule has 0 aromatic heterocycles. The molecule has 0 radical (unpaired) electrons. The Hall–Kier alpha value is 0.880. The van der Waals surface area contributed by atoms with Gasteiger partial charge in [0.2, 0.25) is 0 Å². The minimum absolute atomic E-state index is 0. The second-order valence-corrected chi connectivity index (χ2v) is 2.48. The summed E-state index contributed by atoms with van der Waals surface area (Å²) in [5, 5.41) is 16.9. The fraction of sp³-hybridized carbons (Fsp3) is 1.00. The molecular formula is C5H14Br2O2. The van der Waals surface area contributed by atoms with Gasteiger partial charge in [0, 0.05) is 5.41 Å². The van der Waals surface area contributed by atoms with Gasteiger partial charge in [-0.25, -0.2) is 0 Å². The molecule has 0 saturated carbocycles. The van der Waals surface area contributed by atoms with Crippen LogP contribution in [0, 0.1) is 5.41 Å². The van der Waals surface area contributed by atoms with Crippen LogP contribution in [0.25, 0.3) is 0 Å². The summed E-state index contributed by atoms with van der Waals surface area (Å²) in [7, 11) is 0. The maximum atomic E-state index is 8.43. The zero-order valence-electron chi connectivity index (χ0n) is 5.63. The lowest BCUT2D eigenvalue weighted by atomic mass is 9.97. The number of hydrogen-bond acceptors (Lipinski definition) is 2. The molecule has 0 spiro atoms. The summed E-state index contributed by atoms with van der Waals surface area (Å²) >= 11 is 0. The van der Waals surface area contributed by atoms with E-state index >= 15 is 0 Å². The predicted molar refractivity (Wildman–Crippen MR) is 48.6 cm³/mol. The van der Waals surface area contributed by atoms with Crippen LogP contribution >= 0.6 is 34.0 Å². The molecule has 4 heteroatoms. The smallest absolute Gasteiger partial charge is 0.0504 e. The van der Waals surface area contributed by atoms with Crippen molar-refractivity contribution in [2.24, 2.45) is 5.41 Å². The first-order valence-electron chi connectivity index (χ1n) is 2.34. The highest BCUT2D eigenvalue weighted by Gasteiger charge is 2.13. The predicted octanol–water partition coefficient (Wildman–Crippen LogP) is 1.15. The third-order valence-corrected chi connectivity index (χ3v) is 0.856. The van der Waals surface area contributed by atoms with Gasteiger partial charge in [-0.3, -0.25) is 0 Å². The molecular weight excluding hydrogens is 252 g/mol. The zero-order chi connectivity index (χ0) is 5.91. The third-order valence-electron chi connectivity index (χ3n) is 0.856. The van der Waals surface area contributed by atoms with Gasteiger partial charge in [-0.05, 0) is 0 Å². The molecule has 0 heterocycles. The standard InChI is InChI=1S/C5H12O2.2BrH/c1-5(2,3-6)4-7;;/h6-7H,3-4H2,1-2H3;2*1H. The first kappa shape index (κ1) is 16.5. The van der Waals surface area contributed by atoms with Crippen LogP contribution < -0.4 is 0 Å². The molecule has 0 aromatic rings. The molecule has 0 aromatic carbocycles. The van der Waals surface area contributed by atoms with Crippen molar-refractivity contribution in [2.75, 3.05) is 13.2 Å². The van der Waals surface area contributed by atoms with Crippen LogP contribution in [0.15, 0.2) is 0 Å². The average molecular weight is 266 g/mol. The number of halogens is 2. The first-order valence-corrected chi connectivity index (χ1v) is 2.34. The zero-order valence-corrected chi connectivity index (χ0v) is 9.05. The molecule has 60 valence electrons. The van der Waals surface area contributed by atoms with Crippen molar-refractivity contribution in [1.82, 2.24) is 0 Å². The molecule has 0 saturated heterocycles. The van der Waals surface area contributed by atoms with Crippen molar-refractivity contribution < 1.29 is 10.2 Å². The highest BCUT2D eigenvalue weighted by atomic mass is 79.9. The van der Waals surface area contributed by atoms with Crippen LogP contribution in [0.2, 0.25) is 0 Å². The molecule has 0 unspecified atom stereocenters. The van der Waals surface area contributed by atoms with E-state index in [4.69, 9.17) is 10.2 Å². The Kier molecular flexibility index (Phi) is 12.8. The van der Waals surface area contributed by atoms with Gasteiger partial charge in [-0.1, -0.05) is 13.8 Å². The molecule has 0 rings (SSSR count). The topological polar surface area (TPSA) is 40.5 Å². The summed E-state index contributed by atoms with van der Waals surface area (Å²) in [5.41, 5.74) is -0.306. The second-order valence-electron chi connectivity index (χ2n) is 2.48. The van der Waals surface area contributed by atoms with Crippen LogP contribution in [-0.2, 0) is 0 Å². The lowest BCUT2D eigenvalue weighted by Gasteiger charge is -2.16. The van der Waals surface area contributed by atoms with Crippen molar-refractivity contribution in [2.45, 2.75) is 13.8 Å². The van der Waals surface area contributed by atoms with Crippen molar-refractivity contribution >= 4 is 34.0 Å². The van der Waals surface area contributed by atoms with E-state index in [1.165, 1.54) is 0 Å². The summed E-state index contributed by atoms with van der Waals surface area (Å²) in [4.78, 5) is 0. The Labute approximate surface area is 76.8 Å². The van der Waals surface area contributed by atoms with Gasteiger partial charge in [0.05, 0.1) is 13.2 Å². The lowest BCUT2D eigenvalue weighted by Crippen LogP contribution is -2.20. The van der Waals surface area contributed by atoms with E-state index in [1.54, 1.807) is 13.8 Å². The fourth-order valence-corrected chi connectivity index (χ4v) is 0.0500. The number of aliphatic hydroxyl groups excluding tert-OH is 2. The highest BCUT2D eigenvalue weighted by Crippen LogP contribution is 2.10. The Morgan fingerprint density at radius 3 is 1.22 bits per heavy atom. The van der Waals surface area contributed by atoms with Gasteiger partial charge in [0.1, 0.15) is 0 Å².